The van der Waals surface area contributed by atoms with E-state index in [0.29, 0.717) is 21.9 Å². The molecule has 0 aliphatic carbocycles. The van der Waals surface area contributed by atoms with Gasteiger partial charge in [0.15, 0.2) is 5.13 Å². The second-order valence-corrected chi connectivity index (χ2v) is 7.36. The van der Waals surface area contributed by atoms with Crippen LogP contribution in [-0.4, -0.2) is 38.1 Å². The van der Waals surface area contributed by atoms with Crippen molar-refractivity contribution in [2.75, 3.05) is 32.1 Å². The van der Waals surface area contributed by atoms with Crippen LogP contribution in [0.1, 0.15) is 16.8 Å². The lowest BCUT2D eigenvalue weighted by molar-refractivity contribution is -0.858. The molecular weight excluding hydrogens is 356 g/mol. The molecule has 1 aromatic heterocycles. The summed E-state index contributed by atoms with van der Waals surface area (Å²) in [5.74, 6) is -1.35. The lowest BCUT2D eigenvalue weighted by Gasteiger charge is -2.20. The number of carbonyl (C=O) groups is 1. The number of nitrogens with one attached hydrogen (secondary N) is 1. The number of hydrogen-bond donors (Lipinski definition) is 1. The Kier molecular flexibility index (Phi) is 5.58. The van der Waals surface area contributed by atoms with E-state index in [9.17, 15) is 13.6 Å². The van der Waals surface area contributed by atoms with Crippen LogP contribution in [0.25, 0.3) is 10.2 Å². The molecule has 0 spiro atoms. The van der Waals surface area contributed by atoms with Crippen molar-refractivity contribution < 1.29 is 18.5 Å². The molecule has 0 radical (unpaired) electrons. The molecule has 26 heavy (non-hydrogen) atoms. The van der Waals surface area contributed by atoms with Crippen molar-refractivity contribution in [3.63, 3.8) is 0 Å². The van der Waals surface area contributed by atoms with Crippen LogP contribution in [-0.2, 0) is 0 Å². The molecule has 0 saturated heterocycles. The molecule has 136 valence electrons. The molecule has 4 nitrogen and oxygen atoms in total. The Balaban J connectivity index is 1.96. The van der Waals surface area contributed by atoms with Crippen LogP contribution >= 0.6 is 11.3 Å². The number of fused-ring (bicyclic) bond motifs is 1. The summed E-state index contributed by atoms with van der Waals surface area (Å²) in [6.45, 7) is 1.28. The van der Waals surface area contributed by atoms with Crippen molar-refractivity contribution in [3.8, 4) is 0 Å². The maximum Gasteiger partial charge on any atom is 0.263 e. The molecule has 7 heteroatoms. The number of hydrogen-bond acceptors (Lipinski definition) is 3. The second kappa shape index (κ2) is 7.88. The maximum atomic E-state index is 14.1. The normalized spacial score (nSPS) is 11.3. The summed E-state index contributed by atoms with van der Waals surface area (Å²) in [6, 6.07) is 10.2. The van der Waals surface area contributed by atoms with Gasteiger partial charge in [0, 0.05) is 13.0 Å². The number of amides is 1. The molecule has 0 bridgehead atoms. The van der Waals surface area contributed by atoms with Crippen LogP contribution in [0.15, 0.2) is 42.5 Å². The molecule has 0 aliphatic heterocycles. The largest absolute Gasteiger partial charge is 0.340 e. The number of benzene rings is 2. The van der Waals surface area contributed by atoms with Crippen molar-refractivity contribution in [1.29, 1.82) is 0 Å². The van der Waals surface area contributed by atoms with Gasteiger partial charge in [-0.2, -0.15) is 0 Å². The van der Waals surface area contributed by atoms with E-state index >= 15 is 0 Å². The third-order valence-electron chi connectivity index (χ3n) is 3.98. The highest BCUT2D eigenvalue weighted by atomic mass is 32.1. The smallest absolute Gasteiger partial charge is 0.263 e. The summed E-state index contributed by atoms with van der Waals surface area (Å²) in [7, 11) is 4.06. The lowest BCUT2D eigenvalue weighted by atomic mass is 10.2. The predicted octanol–water partition coefficient (Wildman–Crippen LogP) is 2.76. The number of carbonyl (C=O) groups excluding carboxylic acids is 1. The van der Waals surface area contributed by atoms with Gasteiger partial charge in [0.05, 0.1) is 36.4 Å². The minimum absolute atomic E-state index is 0.00939. The Bertz CT molecular complexity index is 926. The standard InChI is InChI=1S/C19H19F2N3OS/c1-23(2)10-5-11-24(18(25)14-6-3-4-7-15(14)21)19-22-16-9-8-13(20)12-17(16)26-19/h3-4,6-9,12H,5,10-11H2,1-2H3/p+1. The highest BCUT2D eigenvalue weighted by Crippen LogP contribution is 2.30. The topological polar surface area (TPSA) is 37.6 Å². The van der Waals surface area contributed by atoms with E-state index in [2.05, 4.69) is 4.98 Å². The predicted molar refractivity (Wildman–Crippen MR) is 99.9 cm³/mol. The summed E-state index contributed by atoms with van der Waals surface area (Å²) in [6.07, 6.45) is 0.743. The zero-order chi connectivity index (χ0) is 18.7. The first-order valence-electron chi connectivity index (χ1n) is 8.37. The monoisotopic (exact) mass is 376 g/mol. The highest BCUT2D eigenvalue weighted by molar-refractivity contribution is 7.22. The van der Waals surface area contributed by atoms with Crippen molar-refractivity contribution in [2.24, 2.45) is 0 Å². The summed E-state index contributed by atoms with van der Waals surface area (Å²) in [5, 5.41) is 0.451. The molecule has 1 N–H and O–H groups in total. The first-order valence-corrected chi connectivity index (χ1v) is 9.19. The van der Waals surface area contributed by atoms with Gasteiger partial charge >= 0.3 is 0 Å². The minimum Gasteiger partial charge on any atom is -0.340 e. The SMILES string of the molecule is C[NH+](C)CCCN(C(=O)c1ccccc1F)c1nc2ccc(F)cc2s1. The number of thiazole rings is 1. The number of halogens is 2. The molecule has 0 aliphatic rings. The van der Waals surface area contributed by atoms with E-state index in [1.165, 1.54) is 45.4 Å². The molecule has 0 unspecified atom stereocenters. The third kappa shape index (κ3) is 4.05. The van der Waals surface area contributed by atoms with Crippen LogP contribution < -0.4 is 9.80 Å². The minimum atomic E-state index is -0.562. The van der Waals surface area contributed by atoms with E-state index in [1.54, 1.807) is 18.2 Å². The summed E-state index contributed by atoms with van der Waals surface area (Å²) >= 11 is 1.23. The molecule has 3 rings (SSSR count). The molecule has 0 saturated carbocycles. The highest BCUT2D eigenvalue weighted by Gasteiger charge is 2.23. The summed E-state index contributed by atoms with van der Waals surface area (Å²) in [5.41, 5.74) is 0.631. The van der Waals surface area contributed by atoms with Gasteiger partial charge in [-0.1, -0.05) is 23.5 Å². The van der Waals surface area contributed by atoms with Gasteiger partial charge in [-0.3, -0.25) is 9.69 Å². The van der Waals surface area contributed by atoms with Gasteiger partial charge in [-0.15, -0.1) is 0 Å². The first-order chi connectivity index (χ1) is 12.5. The van der Waals surface area contributed by atoms with E-state index < -0.39 is 11.7 Å². The quantitative estimate of drug-likeness (QED) is 0.718. The van der Waals surface area contributed by atoms with Gasteiger partial charge in [-0.25, -0.2) is 13.8 Å². The Hall–Kier alpha value is -2.38. The third-order valence-corrected chi connectivity index (χ3v) is 5.02. The van der Waals surface area contributed by atoms with Crippen LogP contribution in [0.3, 0.4) is 0 Å². The zero-order valence-electron chi connectivity index (χ0n) is 14.6. The van der Waals surface area contributed by atoms with Crippen LogP contribution in [0, 0.1) is 11.6 Å². The van der Waals surface area contributed by atoms with Crippen molar-refractivity contribution in [3.05, 3.63) is 59.7 Å². The van der Waals surface area contributed by atoms with E-state index in [-0.39, 0.29) is 11.4 Å². The van der Waals surface area contributed by atoms with Gasteiger partial charge in [0.25, 0.3) is 5.91 Å². The molecule has 1 heterocycles. The Morgan fingerprint density at radius 2 is 1.96 bits per heavy atom. The zero-order valence-corrected chi connectivity index (χ0v) is 15.4. The van der Waals surface area contributed by atoms with E-state index in [0.717, 1.165) is 13.0 Å². The molecule has 0 atom stereocenters. The van der Waals surface area contributed by atoms with Gasteiger partial charge < -0.3 is 4.90 Å². The number of quaternary nitrogens is 1. The number of anilines is 1. The average molecular weight is 376 g/mol. The van der Waals surface area contributed by atoms with Crippen molar-refractivity contribution in [2.45, 2.75) is 6.42 Å². The van der Waals surface area contributed by atoms with Crippen molar-refractivity contribution in [1.82, 2.24) is 4.98 Å². The lowest BCUT2D eigenvalue weighted by Crippen LogP contribution is -3.05. The van der Waals surface area contributed by atoms with Gasteiger partial charge in [-0.05, 0) is 30.3 Å². The Labute approximate surface area is 154 Å². The molecule has 2 aromatic carbocycles. The van der Waals surface area contributed by atoms with Crippen molar-refractivity contribution >= 4 is 32.6 Å². The summed E-state index contributed by atoms with van der Waals surface area (Å²) in [4.78, 5) is 20.2. The van der Waals surface area contributed by atoms with Crippen LogP contribution in [0.5, 0.6) is 0 Å². The summed E-state index contributed by atoms with van der Waals surface area (Å²) < 4.78 is 28.2. The number of rotatable bonds is 6. The van der Waals surface area contributed by atoms with Gasteiger partial charge in [0.2, 0.25) is 0 Å². The molecule has 1 amide bonds. The van der Waals surface area contributed by atoms with E-state index in [1.807, 2.05) is 14.1 Å². The first kappa shape index (κ1) is 18.4. The van der Waals surface area contributed by atoms with E-state index in [4.69, 9.17) is 0 Å². The molecular formula is C19H20F2N3OS+. The average Bonchev–Trinajstić information content (AvgIpc) is 3.01. The fourth-order valence-corrected chi connectivity index (χ4v) is 3.67. The molecule has 0 fully saturated rings. The Morgan fingerprint density at radius 3 is 2.69 bits per heavy atom. The number of nitrogens with zero attached hydrogens (tertiary/aromatic N) is 2. The fourth-order valence-electron chi connectivity index (χ4n) is 2.66. The second-order valence-electron chi connectivity index (χ2n) is 6.36. The number of aromatic nitrogens is 1. The fraction of sp³-hybridized carbons (Fsp3) is 0.263. The molecule has 3 aromatic rings. The maximum absolute atomic E-state index is 14.1. The van der Waals surface area contributed by atoms with Crippen LogP contribution in [0.4, 0.5) is 13.9 Å². The van der Waals surface area contributed by atoms with Crippen LogP contribution in [0.2, 0.25) is 0 Å². The Morgan fingerprint density at radius 1 is 1.19 bits per heavy atom. The van der Waals surface area contributed by atoms with Gasteiger partial charge in [0.1, 0.15) is 11.6 Å².